The van der Waals surface area contributed by atoms with Crippen molar-refractivity contribution < 1.29 is 4.79 Å². The summed E-state index contributed by atoms with van der Waals surface area (Å²) in [5, 5.41) is 9.12. The Labute approximate surface area is 206 Å². The quantitative estimate of drug-likeness (QED) is 0.525. The third-order valence-corrected chi connectivity index (χ3v) is 8.41. The first-order chi connectivity index (χ1) is 17.1. The number of carbonyl (C=O) groups is 1. The second kappa shape index (κ2) is 9.66. The van der Waals surface area contributed by atoms with E-state index in [9.17, 15) is 4.79 Å². The topological polar surface area (TPSA) is 96.8 Å². The van der Waals surface area contributed by atoms with E-state index >= 15 is 0 Å². The fourth-order valence-corrected chi connectivity index (χ4v) is 6.61. The van der Waals surface area contributed by atoms with Gasteiger partial charge in [-0.2, -0.15) is 5.10 Å². The molecule has 35 heavy (non-hydrogen) atoms. The van der Waals surface area contributed by atoms with Gasteiger partial charge in [-0.15, -0.1) is 0 Å². The number of fused-ring (bicyclic) bond motifs is 2. The summed E-state index contributed by atoms with van der Waals surface area (Å²) in [4.78, 5) is 21.9. The summed E-state index contributed by atoms with van der Waals surface area (Å²) in [6.07, 6.45) is 14.8. The highest BCUT2D eigenvalue weighted by Gasteiger charge is 2.43. The predicted molar refractivity (Wildman–Crippen MR) is 134 cm³/mol. The molecule has 0 spiro atoms. The molecule has 1 saturated heterocycles. The molecule has 3 fully saturated rings. The molecule has 0 bridgehead atoms. The Morgan fingerprint density at radius 2 is 2.06 bits per heavy atom. The summed E-state index contributed by atoms with van der Waals surface area (Å²) in [6.45, 7) is 2.93. The van der Waals surface area contributed by atoms with Crippen molar-refractivity contribution in [2.75, 3.05) is 0 Å². The molecule has 4 heterocycles. The van der Waals surface area contributed by atoms with Crippen LogP contribution in [0, 0.1) is 24.7 Å². The van der Waals surface area contributed by atoms with Crippen LogP contribution in [0.3, 0.4) is 0 Å². The smallest absolute Gasteiger partial charge is 0.223 e. The number of aromatic nitrogens is 4. The minimum atomic E-state index is 0.0892. The number of amides is 1. The molecular weight excluding hydrogens is 438 g/mol. The van der Waals surface area contributed by atoms with Crippen molar-refractivity contribution in [3.8, 4) is 0 Å². The molecule has 184 valence electrons. The van der Waals surface area contributed by atoms with Gasteiger partial charge in [0.1, 0.15) is 0 Å². The monoisotopic (exact) mass is 473 g/mol. The Balaban J connectivity index is 1.07. The first-order valence-electron chi connectivity index (χ1n) is 13.1. The van der Waals surface area contributed by atoms with Gasteiger partial charge in [0.15, 0.2) is 0 Å². The van der Waals surface area contributed by atoms with Gasteiger partial charge in [-0.3, -0.25) is 24.9 Å². The summed E-state index contributed by atoms with van der Waals surface area (Å²) in [5.41, 5.74) is 10.4. The number of carbonyl (C=O) groups excluding carboxylic acids is 1. The lowest BCUT2D eigenvalue weighted by atomic mass is 9.74. The van der Waals surface area contributed by atoms with E-state index in [1.807, 2.05) is 37.8 Å². The zero-order valence-corrected chi connectivity index (χ0v) is 20.4. The van der Waals surface area contributed by atoms with Crippen LogP contribution in [0.5, 0.6) is 0 Å². The van der Waals surface area contributed by atoms with Gasteiger partial charge < -0.3 is 5.32 Å². The average molecular weight is 474 g/mol. The summed E-state index contributed by atoms with van der Waals surface area (Å²) < 4.78 is 2.11. The van der Waals surface area contributed by atoms with Crippen LogP contribution in [0.25, 0.3) is 10.9 Å². The van der Waals surface area contributed by atoms with Gasteiger partial charge in [0.2, 0.25) is 5.91 Å². The fraction of sp³-hybridized carbons (Fsp3) is 0.556. The maximum Gasteiger partial charge on any atom is 0.223 e. The Kier molecular flexibility index (Phi) is 6.24. The number of pyridine rings is 2. The van der Waals surface area contributed by atoms with Gasteiger partial charge in [-0.1, -0.05) is 6.42 Å². The van der Waals surface area contributed by atoms with Crippen molar-refractivity contribution in [1.29, 1.82) is 0 Å². The summed E-state index contributed by atoms with van der Waals surface area (Å²) >= 11 is 0. The summed E-state index contributed by atoms with van der Waals surface area (Å²) in [7, 11) is 0. The summed E-state index contributed by atoms with van der Waals surface area (Å²) in [6, 6.07) is 7.22. The molecule has 0 radical (unpaired) electrons. The van der Waals surface area contributed by atoms with E-state index in [1.54, 1.807) is 0 Å². The van der Waals surface area contributed by atoms with Crippen LogP contribution in [0.1, 0.15) is 62.2 Å². The zero-order chi connectivity index (χ0) is 23.8. The van der Waals surface area contributed by atoms with Gasteiger partial charge in [-0.25, -0.2) is 5.43 Å². The van der Waals surface area contributed by atoms with Crippen molar-refractivity contribution in [1.82, 2.24) is 35.9 Å². The van der Waals surface area contributed by atoms with Crippen LogP contribution in [-0.2, 0) is 11.3 Å². The van der Waals surface area contributed by atoms with Crippen molar-refractivity contribution in [2.24, 2.45) is 17.8 Å². The lowest BCUT2D eigenvalue weighted by molar-refractivity contribution is -0.127. The Morgan fingerprint density at radius 1 is 1.11 bits per heavy atom. The number of aryl methyl sites for hydroxylation is 1. The molecule has 6 rings (SSSR count). The van der Waals surface area contributed by atoms with Crippen LogP contribution in [0.4, 0.5) is 0 Å². The van der Waals surface area contributed by atoms with Gasteiger partial charge in [0.25, 0.3) is 0 Å². The van der Waals surface area contributed by atoms with Gasteiger partial charge in [0, 0.05) is 54.2 Å². The third-order valence-electron chi connectivity index (χ3n) is 8.41. The molecule has 1 aliphatic heterocycles. The highest BCUT2D eigenvalue weighted by atomic mass is 16.1. The molecule has 3 aliphatic rings. The number of hydrazine groups is 1. The van der Waals surface area contributed by atoms with Crippen LogP contribution < -0.4 is 16.2 Å². The molecule has 0 aromatic carbocycles. The molecule has 8 nitrogen and oxygen atoms in total. The van der Waals surface area contributed by atoms with E-state index in [4.69, 9.17) is 0 Å². The van der Waals surface area contributed by atoms with E-state index in [0.717, 1.165) is 61.7 Å². The highest BCUT2D eigenvalue weighted by Crippen LogP contribution is 2.40. The van der Waals surface area contributed by atoms with Gasteiger partial charge in [0.05, 0.1) is 17.8 Å². The number of hydrogen-bond donors (Lipinski definition) is 3. The first kappa shape index (κ1) is 22.6. The standard InChI is InChI=1S/C27H35N7O/c1-17-11-19(7-10-29-17)26-23-13-20(5-6-24(23)32-33-26)27(35)31-22-4-2-3-18(12-22)16-34-25-8-9-28-14-21(25)15-30-34/h7-11,14-15,18,20,22-24,26,32-33H,2-6,12-13,16H2,1H3,(H,31,35). The number of nitrogens with one attached hydrogen (secondary N) is 3. The van der Waals surface area contributed by atoms with Gasteiger partial charge in [-0.05, 0) is 81.0 Å². The molecule has 3 N–H and O–H groups in total. The Bertz CT molecular complexity index is 1190. The molecule has 2 aliphatic carbocycles. The number of nitrogens with zero attached hydrogens (tertiary/aromatic N) is 4. The SMILES string of the molecule is Cc1cc(C2NNC3CCC(C(=O)NC4CCCC(Cn5ncc6cnccc65)C4)CC32)ccn1. The largest absolute Gasteiger partial charge is 0.353 e. The number of hydrogen-bond acceptors (Lipinski definition) is 6. The Hall–Kier alpha value is -2.84. The van der Waals surface area contributed by atoms with Crippen LogP contribution in [0.2, 0.25) is 0 Å². The maximum absolute atomic E-state index is 13.4. The van der Waals surface area contributed by atoms with Crippen LogP contribution in [0.15, 0.2) is 43.0 Å². The highest BCUT2D eigenvalue weighted by molar-refractivity contribution is 5.79. The predicted octanol–water partition coefficient (Wildman–Crippen LogP) is 3.44. The lowest BCUT2D eigenvalue weighted by Crippen LogP contribution is -2.45. The van der Waals surface area contributed by atoms with E-state index in [2.05, 4.69) is 48.0 Å². The second-order valence-electron chi connectivity index (χ2n) is 10.8. The molecular formula is C27H35N7O. The van der Waals surface area contributed by atoms with Crippen LogP contribution in [-0.4, -0.2) is 37.7 Å². The molecule has 6 unspecified atom stereocenters. The van der Waals surface area contributed by atoms with Crippen LogP contribution >= 0.6 is 0 Å². The zero-order valence-electron chi connectivity index (χ0n) is 20.4. The fourth-order valence-electron chi connectivity index (χ4n) is 6.61. The maximum atomic E-state index is 13.4. The second-order valence-corrected chi connectivity index (χ2v) is 10.8. The first-order valence-corrected chi connectivity index (χ1v) is 13.1. The molecule has 3 aromatic heterocycles. The molecule has 8 heteroatoms. The molecule has 6 atom stereocenters. The Morgan fingerprint density at radius 3 is 2.97 bits per heavy atom. The van der Waals surface area contributed by atoms with Crippen molar-refractivity contribution in [2.45, 2.75) is 76.5 Å². The number of rotatable bonds is 5. The minimum Gasteiger partial charge on any atom is -0.353 e. The molecule has 2 saturated carbocycles. The molecule has 1 amide bonds. The van der Waals surface area contributed by atoms with E-state index < -0.39 is 0 Å². The average Bonchev–Trinajstić information content (AvgIpc) is 3.48. The molecule has 3 aromatic rings. The van der Waals surface area contributed by atoms with Crippen molar-refractivity contribution in [3.05, 3.63) is 54.2 Å². The van der Waals surface area contributed by atoms with Crippen molar-refractivity contribution in [3.63, 3.8) is 0 Å². The lowest BCUT2D eigenvalue weighted by Gasteiger charge is -2.35. The van der Waals surface area contributed by atoms with E-state index in [0.29, 0.717) is 17.9 Å². The summed E-state index contributed by atoms with van der Waals surface area (Å²) in [5.74, 6) is 1.29. The third kappa shape index (κ3) is 4.69. The van der Waals surface area contributed by atoms with Crippen molar-refractivity contribution >= 4 is 16.8 Å². The minimum absolute atomic E-state index is 0.0892. The van der Waals surface area contributed by atoms with Gasteiger partial charge >= 0.3 is 0 Å². The van der Waals surface area contributed by atoms with E-state index in [-0.39, 0.29) is 23.9 Å². The normalized spacial score (nSPS) is 30.8. The van der Waals surface area contributed by atoms with E-state index in [1.165, 1.54) is 12.0 Å².